The van der Waals surface area contributed by atoms with Crippen LogP contribution in [-0.4, -0.2) is 53.5 Å². The van der Waals surface area contributed by atoms with Gasteiger partial charge >= 0.3 is 0 Å². The first-order valence-electron chi connectivity index (χ1n) is 9.18. The molecule has 2 aliphatic rings. The van der Waals surface area contributed by atoms with Gasteiger partial charge in [0.2, 0.25) is 5.91 Å². The summed E-state index contributed by atoms with van der Waals surface area (Å²) >= 11 is 1.76. The second-order valence-electron chi connectivity index (χ2n) is 6.99. The first-order chi connectivity index (χ1) is 12.2. The van der Waals surface area contributed by atoms with E-state index in [-0.39, 0.29) is 0 Å². The molecule has 4 rings (SSSR count). The van der Waals surface area contributed by atoms with Gasteiger partial charge in [0.1, 0.15) is 10.8 Å². The van der Waals surface area contributed by atoms with Crippen LogP contribution in [0.4, 0.5) is 0 Å². The first-order valence-corrected chi connectivity index (χ1v) is 10.00. The number of nitrogens with zero attached hydrogens (tertiary/aromatic N) is 3. The number of thiazole rings is 1. The van der Waals surface area contributed by atoms with Crippen molar-refractivity contribution in [1.82, 2.24) is 14.8 Å². The fraction of sp³-hybridized carbons (Fsp3) is 0.579. The minimum Gasteiger partial charge on any atom is -0.497 e. The molecular weight excluding hydrogens is 334 g/mol. The van der Waals surface area contributed by atoms with Gasteiger partial charge < -0.3 is 9.64 Å². The number of rotatable bonds is 4. The second kappa shape index (κ2) is 7.30. The van der Waals surface area contributed by atoms with Gasteiger partial charge in [-0.05, 0) is 50.4 Å². The highest BCUT2D eigenvalue weighted by Gasteiger charge is 2.29. The Kier molecular flexibility index (Phi) is 4.90. The summed E-state index contributed by atoms with van der Waals surface area (Å²) in [5.74, 6) is 1.24. The van der Waals surface area contributed by atoms with E-state index in [1.807, 2.05) is 12.1 Å². The molecule has 2 aliphatic heterocycles. The molecule has 0 saturated carbocycles. The van der Waals surface area contributed by atoms with Crippen molar-refractivity contribution in [3.63, 3.8) is 0 Å². The number of hydrogen-bond donors (Lipinski definition) is 0. The monoisotopic (exact) mass is 359 g/mol. The zero-order valence-corrected chi connectivity index (χ0v) is 15.6. The molecule has 1 amide bonds. The van der Waals surface area contributed by atoms with Gasteiger partial charge in [-0.2, -0.15) is 0 Å². The highest BCUT2D eigenvalue weighted by Crippen LogP contribution is 2.28. The molecule has 2 fully saturated rings. The third-order valence-electron chi connectivity index (χ3n) is 5.34. The number of carbonyl (C=O) groups excluding carboxylic acids is 1. The van der Waals surface area contributed by atoms with Crippen LogP contribution in [0.5, 0.6) is 5.75 Å². The molecule has 1 aromatic heterocycles. The molecule has 5 nitrogen and oxygen atoms in total. The standard InChI is InChI=1S/C19H25N3O2S/c1-24-15-6-7-16-17(12-15)25-18(20-16)13-21-9-2-4-14(8-11-21)22-10-3-5-19(22)23/h6-7,12,14H,2-5,8-11,13H2,1H3. The zero-order valence-electron chi connectivity index (χ0n) is 14.7. The van der Waals surface area contributed by atoms with Crippen LogP contribution in [0.25, 0.3) is 10.2 Å². The maximum atomic E-state index is 12.0. The number of aromatic nitrogens is 1. The minimum absolute atomic E-state index is 0.360. The number of ether oxygens (including phenoxy) is 1. The van der Waals surface area contributed by atoms with Gasteiger partial charge in [0, 0.05) is 25.6 Å². The van der Waals surface area contributed by atoms with Crippen LogP contribution < -0.4 is 4.74 Å². The Morgan fingerprint density at radius 3 is 2.96 bits per heavy atom. The Balaban J connectivity index is 1.40. The predicted octanol–water partition coefficient (Wildman–Crippen LogP) is 3.28. The van der Waals surface area contributed by atoms with Gasteiger partial charge in [0.15, 0.2) is 0 Å². The van der Waals surface area contributed by atoms with E-state index in [0.717, 1.165) is 69.5 Å². The lowest BCUT2D eigenvalue weighted by atomic mass is 10.1. The fourth-order valence-corrected chi connectivity index (χ4v) is 5.04. The summed E-state index contributed by atoms with van der Waals surface area (Å²) in [5, 5.41) is 1.17. The molecule has 0 bridgehead atoms. The minimum atomic E-state index is 0.360. The van der Waals surface area contributed by atoms with Gasteiger partial charge in [0.25, 0.3) is 0 Å². The predicted molar refractivity (Wildman–Crippen MR) is 100 cm³/mol. The van der Waals surface area contributed by atoms with Crippen molar-refractivity contribution in [3.8, 4) is 5.75 Å². The molecule has 1 aromatic carbocycles. The van der Waals surface area contributed by atoms with Crippen LogP contribution in [-0.2, 0) is 11.3 Å². The van der Waals surface area contributed by atoms with E-state index in [1.54, 1.807) is 18.4 Å². The SMILES string of the molecule is COc1ccc2nc(CN3CCCC(N4CCCC4=O)CC3)sc2c1. The van der Waals surface area contributed by atoms with Gasteiger partial charge in [-0.3, -0.25) is 9.69 Å². The second-order valence-corrected chi connectivity index (χ2v) is 8.11. The summed E-state index contributed by atoms with van der Waals surface area (Å²) in [6.45, 7) is 4.01. The maximum absolute atomic E-state index is 12.0. The summed E-state index contributed by atoms with van der Waals surface area (Å²) in [6, 6.07) is 6.51. The summed E-state index contributed by atoms with van der Waals surface area (Å²) in [6.07, 6.45) is 5.17. The number of likely N-dealkylation sites (tertiary alicyclic amines) is 2. The topological polar surface area (TPSA) is 45.7 Å². The van der Waals surface area contributed by atoms with E-state index in [2.05, 4.69) is 15.9 Å². The van der Waals surface area contributed by atoms with Gasteiger partial charge in [-0.25, -0.2) is 4.98 Å². The van der Waals surface area contributed by atoms with E-state index in [0.29, 0.717) is 11.9 Å². The van der Waals surface area contributed by atoms with Gasteiger partial charge in [-0.1, -0.05) is 0 Å². The van der Waals surface area contributed by atoms with Crippen LogP contribution in [0.3, 0.4) is 0 Å². The van der Waals surface area contributed by atoms with Gasteiger partial charge in [-0.15, -0.1) is 11.3 Å². The molecule has 6 heteroatoms. The molecule has 134 valence electrons. The van der Waals surface area contributed by atoms with Crippen molar-refractivity contribution in [1.29, 1.82) is 0 Å². The number of hydrogen-bond acceptors (Lipinski definition) is 5. The summed E-state index contributed by atoms with van der Waals surface area (Å²) in [7, 11) is 1.70. The third kappa shape index (κ3) is 3.65. The van der Waals surface area contributed by atoms with Crippen LogP contribution in [0, 0.1) is 0 Å². The molecule has 3 heterocycles. The Bertz CT molecular complexity index is 760. The number of amides is 1. The smallest absolute Gasteiger partial charge is 0.222 e. The first kappa shape index (κ1) is 16.8. The van der Waals surface area contributed by atoms with Gasteiger partial charge in [0.05, 0.1) is 23.9 Å². The summed E-state index contributed by atoms with van der Waals surface area (Å²) in [5.41, 5.74) is 1.05. The quantitative estimate of drug-likeness (QED) is 0.840. The van der Waals surface area contributed by atoms with E-state index in [1.165, 1.54) is 9.71 Å². The zero-order chi connectivity index (χ0) is 17.2. The average Bonchev–Trinajstić information content (AvgIpc) is 3.14. The molecule has 0 radical (unpaired) electrons. The van der Waals surface area contributed by atoms with Crippen molar-refractivity contribution in [2.75, 3.05) is 26.7 Å². The van der Waals surface area contributed by atoms with E-state index in [4.69, 9.17) is 9.72 Å². The van der Waals surface area contributed by atoms with Crippen LogP contribution >= 0.6 is 11.3 Å². The molecule has 2 saturated heterocycles. The molecule has 2 aromatic rings. The molecule has 0 spiro atoms. The van der Waals surface area contributed by atoms with Crippen molar-refractivity contribution in [2.45, 2.75) is 44.7 Å². The molecule has 1 atom stereocenters. The van der Waals surface area contributed by atoms with Crippen LogP contribution in [0.2, 0.25) is 0 Å². The summed E-state index contributed by atoms with van der Waals surface area (Å²) < 4.78 is 6.49. The normalized spacial score (nSPS) is 22.5. The Labute approximate surface area is 152 Å². The Morgan fingerprint density at radius 1 is 1.24 bits per heavy atom. The molecule has 0 N–H and O–H groups in total. The Hall–Kier alpha value is -1.66. The lowest BCUT2D eigenvalue weighted by Gasteiger charge is -2.26. The van der Waals surface area contributed by atoms with Crippen LogP contribution in [0.1, 0.15) is 37.1 Å². The van der Waals surface area contributed by atoms with Crippen LogP contribution in [0.15, 0.2) is 18.2 Å². The lowest BCUT2D eigenvalue weighted by molar-refractivity contribution is -0.129. The van der Waals surface area contributed by atoms with Crippen molar-refractivity contribution in [3.05, 3.63) is 23.2 Å². The van der Waals surface area contributed by atoms with Crippen molar-refractivity contribution >= 4 is 27.5 Å². The van der Waals surface area contributed by atoms with Crippen molar-refractivity contribution < 1.29 is 9.53 Å². The molecule has 1 unspecified atom stereocenters. The highest BCUT2D eigenvalue weighted by atomic mass is 32.1. The number of carbonyl (C=O) groups is 1. The van der Waals surface area contributed by atoms with E-state index < -0.39 is 0 Å². The lowest BCUT2D eigenvalue weighted by Crippen LogP contribution is -2.36. The number of methoxy groups -OCH3 is 1. The molecule has 0 aliphatic carbocycles. The number of benzene rings is 1. The summed E-state index contributed by atoms with van der Waals surface area (Å²) in [4.78, 5) is 21.4. The Morgan fingerprint density at radius 2 is 2.16 bits per heavy atom. The molecular formula is C19H25N3O2S. The third-order valence-corrected chi connectivity index (χ3v) is 6.34. The maximum Gasteiger partial charge on any atom is 0.222 e. The van der Waals surface area contributed by atoms with E-state index >= 15 is 0 Å². The van der Waals surface area contributed by atoms with E-state index in [9.17, 15) is 4.79 Å². The fourth-order valence-electron chi connectivity index (χ4n) is 4.00. The molecule has 25 heavy (non-hydrogen) atoms. The van der Waals surface area contributed by atoms with Crippen molar-refractivity contribution in [2.24, 2.45) is 0 Å². The average molecular weight is 359 g/mol. The highest BCUT2D eigenvalue weighted by molar-refractivity contribution is 7.18. The number of fused-ring (bicyclic) bond motifs is 1. The largest absolute Gasteiger partial charge is 0.497 e.